The van der Waals surface area contributed by atoms with Crippen molar-refractivity contribution in [2.24, 2.45) is 11.8 Å². The van der Waals surface area contributed by atoms with E-state index in [2.05, 4.69) is 34.6 Å². The smallest absolute Gasteiger partial charge is 0.219 e. The normalized spacial score (nSPS) is 12.1. The predicted molar refractivity (Wildman–Crippen MR) is 67.9 cm³/mol. The molecule has 0 saturated carbocycles. The van der Waals surface area contributed by atoms with Gasteiger partial charge in [0.25, 0.3) is 0 Å². The van der Waals surface area contributed by atoms with Crippen LogP contribution in [0.5, 0.6) is 0 Å². The molecule has 0 aromatic rings. The van der Waals surface area contributed by atoms with E-state index >= 15 is 0 Å². The van der Waals surface area contributed by atoms with Gasteiger partial charge in [-0.05, 0) is 25.7 Å². The summed E-state index contributed by atoms with van der Waals surface area (Å²) in [6.45, 7) is 17.2. The van der Waals surface area contributed by atoms with E-state index in [1.807, 2.05) is 18.7 Å². The Morgan fingerprint density at radius 1 is 1.07 bits per heavy atom. The highest BCUT2D eigenvalue weighted by molar-refractivity contribution is 5.73. The topological polar surface area (TPSA) is 20.3 Å². The molecule has 1 amide bonds. The van der Waals surface area contributed by atoms with E-state index in [0.29, 0.717) is 17.9 Å². The van der Waals surface area contributed by atoms with E-state index < -0.39 is 0 Å². The van der Waals surface area contributed by atoms with Gasteiger partial charge in [0.1, 0.15) is 0 Å². The van der Waals surface area contributed by atoms with E-state index in [-0.39, 0.29) is 5.91 Å². The number of nitrogens with zero attached hydrogens (tertiary/aromatic N) is 1. The van der Waals surface area contributed by atoms with Gasteiger partial charge in [-0.1, -0.05) is 34.6 Å². The Hall–Kier alpha value is -0.530. The first-order chi connectivity index (χ1) is 6.86. The highest BCUT2D eigenvalue weighted by Gasteiger charge is 2.17. The molecule has 0 aliphatic rings. The number of amides is 1. The van der Waals surface area contributed by atoms with Crippen LogP contribution >= 0.6 is 0 Å². The van der Waals surface area contributed by atoms with Crippen molar-refractivity contribution in [3.05, 3.63) is 0 Å². The molecule has 0 N–H and O–H groups in total. The van der Waals surface area contributed by atoms with Crippen molar-refractivity contribution in [1.82, 2.24) is 4.90 Å². The molecule has 0 aromatic carbocycles. The highest BCUT2D eigenvalue weighted by Crippen LogP contribution is 2.13. The lowest BCUT2D eigenvalue weighted by Gasteiger charge is -2.29. The van der Waals surface area contributed by atoms with Crippen LogP contribution in [-0.4, -0.2) is 23.4 Å². The van der Waals surface area contributed by atoms with Gasteiger partial charge in [0, 0.05) is 19.5 Å². The van der Waals surface area contributed by atoms with E-state index in [4.69, 9.17) is 0 Å². The first kappa shape index (κ1) is 16.9. The Bertz CT molecular complexity index is 164. The molecule has 0 bridgehead atoms. The van der Waals surface area contributed by atoms with Crippen molar-refractivity contribution >= 4 is 5.91 Å². The van der Waals surface area contributed by atoms with Crippen LogP contribution in [0, 0.1) is 11.8 Å². The van der Waals surface area contributed by atoms with Crippen LogP contribution in [0.1, 0.15) is 55.4 Å². The standard InChI is InChI=1S/C11H23NO.C2H6/c1-8(2)10(5)7-12(9(3)4)11(6)13;1-2/h8-10H,7H2,1-6H3;1-2H3. The fourth-order valence-corrected chi connectivity index (χ4v) is 1.22. The molecule has 2 heteroatoms. The summed E-state index contributed by atoms with van der Waals surface area (Å²) in [7, 11) is 0. The molecule has 0 saturated heterocycles. The maximum Gasteiger partial charge on any atom is 0.219 e. The first-order valence-corrected chi connectivity index (χ1v) is 6.13. The lowest BCUT2D eigenvalue weighted by atomic mass is 9.97. The van der Waals surface area contributed by atoms with Gasteiger partial charge in [0.05, 0.1) is 0 Å². The second-order valence-electron chi connectivity index (χ2n) is 4.49. The number of carbonyl (C=O) groups excluding carboxylic acids is 1. The third-order valence-electron chi connectivity index (χ3n) is 2.65. The van der Waals surface area contributed by atoms with Gasteiger partial charge in [-0.3, -0.25) is 4.79 Å². The molecule has 0 aromatic heterocycles. The van der Waals surface area contributed by atoms with Crippen LogP contribution in [0.2, 0.25) is 0 Å². The van der Waals surface area contributed by atoms with E-state index in [9.17, 15) is 4.79 Å². The lowest BCUT2D eigenvalue weighted by molar-refractivity contribution is -0.131. The zero-order valence-electron chi connectivity index (χ0n) is 11.8. The summed E-state index contributed by atoms with van der Waals surface area (Å²) in [5.74, 6) is 1.40. The molecule has 0 spiro atoms. The summed E-state index contributed by atoms with van der Waals surface area (Å²) in [5.41, 5.74) is 0. The van der Waals surface area contributed by atoms with Crippen LogP contribution < -0.4 is 0 Å². The SMILES string of the molecule is CC.CC(=O)N(CC(C)C(C)C)C(C)C. The summed E-state index contributed by atoms with van der Waals surface area (Å²) < 4.78 is 0. The van der Waals surface area contributed by atoms with Crippen LogP contribution in [-0.2, 0) is 4.79 Å². The Morgan fingerprint density at radius 2 is 1.47 bits per heavy atom. The third-order valence-corrected chi connectivity index (χ3v) is 2.65. The number of hydrogen-bond acceptors (Lipinski definition) is 1. The predicted octanol–water partition coefficient (Wildman–Crippen LogP) is 3.56. The molecule has 1 atom stereocenters. The first-order valence-electron chi connectivity index (χ1n) is 6.13. The minimum atomic E-state index is 0.183. The van der Waals surface area contributed by atoms with Crippen molar-refractivity contribution in [3.63, 3.8) is 0 Å². The molecule has 15 heavy (non-hydrogen) atoms. The number of carbonyl (C=O) groups is 1. The molecule has 0 radical (unpaired) electrons. The zero-order valence-corrected chi connectivity index (χ0v) is 11.8. The molecular formula is C13H29NO. The van der Waals surface area contributed by atoms with Crippen molar-refractivity contribution in [2.45, 2.75) is 61.4 Å². The maximum atomic E-state index is 11.3. The van der Waals surface area contributed by atoms with Gasteiger partial charge >= 0.3 is 0 Å². The minimum absolute atomic E-state index is 0.183. The van der Waals surface area contributed by atoms with Gasteiger partial charge in [-0.2, -0.15) is 0 Å². The fourth-order valence-electron chi connectivity index (χ4n) is 1.22. The molecule has 0 rings (SSSR count). The van der Waals surface area contributed by atoms with Crippen LogP contribution in [0.4, 0.5) is 0 Å². The highest BCUT2D eigenvalue weighted by atomic mass is 16.2. The number of hydrogen-bond donors (Lipinski definition) is 0. The Labute approximate surface area is 96.0 Å². The van der Waals surface area contributed by atoms with Crippen LogP contribution in [0.3, 0.4) is 0 Å². The Morgan fingerprint density at radius 3 is 1.67 bits per heavy atom. The zero-order chi connectivity index (χ0) is 12.6. The molecular weight excluding hydrogens is 186 g/mol. The van der Waals surface area contributed by atoms with Crippen molar-refractivity contribution < 1.29 is 4.79 Å². The van der Waals surface area contributed by atoms with E-state index in [1.165, 1.54) is 0 Å². The summed E-state index contributed by atoms with van der Waals surface area (Å²) in [6.07, 6.45) is 0. The summed E-state index contributed by atoms with van der Waals surface area (Å²) in [4.78, 5) is 13.2. The average molecular weight is 215 g/mol. The van der Waals surface area contributed by atoms with Gasteiger partial charge in [0.15, 0.2) is 0 Å². The number of rotatable bonds is 4. The fraction of sp³-hybridized carbons (Fsp3) is 0.923. The molecule has 0 aliphatic carbocycles. The summed E-state index contributed by atoms with van der Waals surface area (Å²) in [5, 5.41) is 0. The van der Waals surface area contributed by atoms with Gasteiger partial charge in [0.2, 0.25) is 5.91 Å². The van der Waals surface area contributed by atoms with Crippen molar-refractivity contribution in [1.29, 1.82) is 0 Å². The van der Waals surface area contributed by atoms with Crippen molar-refractivity contribution in [2.75, 3.05) is 6.54 Å². The van der Waals surface area contributed by atoms with E-state index in [1.54, 1.807) is 6.92 Å². The van der Waals surface area contributed by atoms with Gasteiger partial charge in [-0.15, -0.1) is 0 Å². The van der Waals surface area contributed by atoms with E-state index in [0.717, 1.165) is 6.54 Å². The van der Waals surface area contributed by atoms with Gasteiger partial charge in [-0.25, -0.2) is 0 Å². The molecule has 0 fully saturated rings. The molecule has 2 nitrogen and oxygen atoms in total. The quantitative estimate of drug-likeness (QED) is 0.702. The molecule has 0 aliphatic heterocycles. The van der Waals surface area contributed by atoms with Gasteiger partial charge < -0.3 is 4.90 Å². The maximum absolute atomic E-state index is 11.3. The molecule has 0 heterocycles. The lowest BCUT2D eigenvalue weighted by Crippen LogP contribution is -2.39. The summed E-state index contributed by atoms with van der Waals surface area (Å²) in [6, 6.07) is 0.318. The largest absolute Gasteiger partial charge is 0.340 e. The summed E-state index contributed by atoms with van der Waals surface area (Å²) >= 11 is 0. The Kier molecular flexibility index (Phi) is 9.85. The monoisotopic (exact) mass is 215 g/mol. The van der Waals surface area contributed by atoms with Crippen molar-refractivity contribution in [3.8, 4) is 0 Å². The van der Waals surface area contributed by atoms with Crippen LogP contribution in [0.15, 0.2) is 0 Å². The Balaban J connectivity index is 0. The molecule has 1 unspecified atom stereocenters. The second kappa shape index (κ2) is 8.75. The third kappa shape index (κ3) is 7.40. The average Bonchev–Trinajstić information content (AvgIpc) is 2.15. The minimum Gasteiger partial charge on any atom is -0.340 e. The molecule has 92 valence electrons. The van der Waals surface area contributed by atoms with Crippen LogP contribution in [0.25, 0.3) is 0 Å². The second-order valence-corrected chi connectivity index (χ2v) is 4.49.